The molecule has 0 aliphatic rings. The largest absolute Gasteiger partial charge is 0.462 e. The van der Waals surface area contributed by atoms with Crippen LogP contribution in [0.3, 0.4) is 0 Å². The van der Waals surface area contributed by atoms with E-state index in [0.29, 0.717) is 30.9 Å². The molecule has 88 valence electrons. The fourth-order valence-electron chi connectivity index (χ4n) is 1.22. The van der Waals surface area contributed by atoms with Gasteiger partial charge in [0.1, 0.15) is 0 Å². The Bertz CT molecular complexity index is 207. The highest BCUT2D eigenvalue weighted by Gasteiger charge is 2.11. The van der Waals surface area contributed by atoms with Crippen molar-refractivity contribution >= 4 is 5.97 Å². The molecule has 0 atom stereocenters. The van der Waals surface area contributed by atoms with E-state index < -0.39 is 0 Å². The van der Waals surface area contributed by atoms with Crippen LogP contribution < -0.4 is 0 Å². The third-order valence-electron chi connectivity index (χ3n) is 1.85. The second-order valence-electron chi connectivity index (χ2n) is 3.98. The zero-order valence-corrected chi connectivity index (χ0v) is 9.95. The second kappa shape index (κ2) is 8.48. The maximum absolute atomic E-state index is 11.6. The number of hydrogen-bond acceptors (Lipinski definition) is 3. The van der Waals surface area contributed by atoms with Gasteiger partial charge in [-0.05, 0) is 25.2 Å². The maximum atomic E-state index is 11.6. The second-order valence-corrected chi connectivity index (χ2v) is 3.98. The minimum atomic E-state index is -0.237. The van der Waals surface area contributed by atoms with E-state index in [1.165, 1.54) is 0 Å². The van der Waals surface area contributed by atoms with E-state index in [0.717, 1.165) is 6.42 Å². The number of esters is 1. The van der Waals surface area contributed by atoms with Gasteiger partial charge in [0, 0.05) is 12.2 Å². The third-order valence-corrected chi connectivity index (χ3v) is 1.85. The fourth-order valence-corrected chi connectivity index (χ4v) is 1.22. The molecule has 0 saturated heterocycles. The minimum Gasteiger partial charge on any atom is -0.462 e. The van der Waals surface area contributed by atoms with Crippen LogP contribution in [0.4, 0.5) is 0 Å². The highest BCUT2D eigenvalue weighted by molar-refractivity contribution is 5.88. The van der Waals surface area contributed by atoms with Crippen LogP contribution in [0.25, 0.3) is 0 Å². The number of aliphatic hydroxyl groups is 1. The number of rotatable bonds is 7. The van der Waals surface area contributed by atoms with E-state index in [1.807, 2.05) is 6.92 Å². The van der Waals surface area contributed by atoms with E-state index in [2.05, 4.69) is 13.8 Å². The molecule has 0 saturated carbocycles. The van der Waals surface area contributed by atoms with Crippen molar-refractivity contribution in [2.24, 2.45) is 5.92 Å². The van der Waals surface area contributed by atoms with Crippen molar-refractivity contribution in [2.75, 3.05) is 13.2 Å². The molecule has 0 rings (SSSR count). The minimum absolute atomic E-state index is 0.0721. The lowest BCUT2D eigenvalue weighted by Crippen LogP contribution is -2.11. The van der Waals surface area contributed by atoms with Crippen molar-refractivity contribution in [3.05, 3.63) is 11.6 Å². The Morgan fingerprint density at radius 1 is 1.47 bits per heavy atom. The summed E-state index contributed by atoms with van der Waals surface area (Å²) in [7, 11) is 0. The Morgan fingerprint density at radius 3 is 2.60 bits per heavy atom. The van der Waals surface area contributed by atoms with Crippen LogP contribution in [-0.4, -0.2) is 24.3 Å². The van der Waals surface area contributed by atoms with Crippen LogP contribution in [0.1, 0.15) is 40.0 Å². The molecular weight excluding hydrogens is 192 g/mol. The highest BCUT2D eigenvalue weighted by atomic mass is 16.5. The van der Waals surface area contributed by atoms with Gasteiger partial charge in [0.05, 0.1) is 6.61 Å². The molecule has 0 aliphatic carbocycles. The van der Waals surface area contributed by atoms with Crippen LogP contribution in [0, 0.1) is 5.92 Å². The Kier molecular flexibility index (Phi) is 8.01. The van der Waals surface area contributed by atoms with Crippen molar-refractivity contribution < 1.29 is 14.6 Å². The quantitative estimate of drug-likeness (QED) is 0.522. The highest BCUT2D eigenvalue weighted by Crippen LogP contribution is 2.13. The molecule has 0 amide bonds. The smallest absolute Gasteiger partial charge is 0.333 e. The first-order valence-electron chi connectivity index (χ1n) is 5.58. The summed E-state index contributed by atoms with van der Waals surface area (Å²) in [6, 6.07) is 0. The molecule has 3 heteroatoms. The molecular formula is C12H22O3. The summed E-state index contributed by atoms with van der Waals surface area (Å²) in [4.78, 5) is 11.6. The molecule has 0 fully saturated rings. The number of carbonyl (C=O) groups is 1. The van der Waals surface area contributed by atoms with Gasteiger partial charge in [0.15, 0.2) is 0 Å². The summed E-state index contributed by atoms with van der Waals surface area (Å²) in [5, 5.41) is 8.71. The summed E-state index contributed by atoms with van der Waals surface area (Å²) in [5.41, 5.74) is 0.688. The van der Waals surface area contributed by atoms with E-state index in [-0.39, 0.29) is 12.6 Å². The molecule has 0 radical (unpaired) electrons. The standard InChI is InChI=1S/C12H22O3/c1-4-8-15-12(14)11(6-5-7-13)9-10(2)3/h6,10,13H,4-5,7-9H2,1-3H3. The van der Waals surface area contributed by atoms with Crippen molar-refractivity contribution in [3.63, 3.8) is 0 Å². The number of carbonyl (C=O) groups excluding carboxylic acids is 1. The number of aliphatic hydroxyl groups excluding tert-OH is 1. The average molecular weight is 214 g/mol. The molecule has 0 bridgehead atoms. The fraction of sp³-hybridized carbons (Fsp3) is 0.750. The topological polar surface area (TPSA) is 46.5 Å². The summed E-state index contributed by atoms with van der Waals surface area (Å²) in [6.07, 6.45) is 3.84. The van der Waals surface area contributed by atoms with Crippen molar-refractivity contribution in [1.82, 2.24) is 0 Å². The molecule has 0 unspecified atom stereocenters. The lowest BCUT2D eigenvalue weighted by molar-refractivity contribution is -0.139. The first kappa shape index (κ1) is 14.2. The van der Waals surface area contributed by atoms with E-state index in [1.54, 1.807) is 6.08 Å². The first-order valence-corrected chi connectivity index (χ1v) is 5.58. The van der Waals surface area contributed by atoms with Crippen molar-refractivity contribution in [1.29, 1.82) is 0 Å². The summed E-state index contributed by atoms with van der Waals surface area (Å²) < 4.78 is 5.06. The molecule has 1 N–H and O–H groups in total. The van der Waals surface area contributed by atoms with Crippen LogP contribution in [-0.2, 0) is 9.53 Å². The van der Waals surface area contributed by atoms with Crippen LogP contribution in [0.15, 0.2) is 11.6 Å². The van der Waals surface area contributed by atoms with Crippen LogP contribution >= 0.6 is 0 Å². The van der Waals surface area contributed by atoms with Gasteiger partial charge >= 0.3 is 5.97 Å². The van der Waals surface area contributed by atoms with Gasteiger partial charge in [0.2, 0.25) is 0 Å². The Balaban J connectivity index is 4.27. The molecule has 0 aliphatic heterocycles. The Morgan fingerprint density at radius 2 is 2.13 bits per heavy atom. The van der Waals surface area contributed by atoms with E-state index >= 15 is 0 Å². The van der Waals surface area contributed by atoms with Crippen molar-refractivity contribution in [2.45, 2.75) is 40.0 Å². The van der Waals surface area contributed by atoms with E-state index in [9.17, 15) is 4.79 Å². The van der Waals surface area contributed by atoms with Crippen LogP contribution in [0.5, 0.6) is 0 Å². The SMILES string of the molecule is CCCOC(=O)C(=CCCO)CC(C)C. The zero-order chi connectivity index (χ0) is 11.7. The summed E-state index contributed by atoms with van der Waals surface area (Å²) in [5.74, 6) is 0.183. The molecule has 0 aromatic carbocycles. The number of hydrogen-bond donors (Lipinski definition) is 1. The molecule has 0 aromatic heterocycles. The Labute approximate surface area is 92.1 Å². The average Bonchev–Trinajstić information content (AvgIpc) is 2.20. The Hall–Kier alpha value is -0.830. The first-order chi connectivity index (χ1) is 7.11. The van der Waals surface area contributed by atoms with Gasteiger partial charge in [-0.2, -0.15) is 0 Å². The van der Waals surface area contributed by atoms with Crippen molar-refractivity contribution in [3.8, 4) is 0 Å². The lowest BCUT2D eigenvalue weighted by atomic mass is 10.0. The molecule has 0 aromatic rings. The van der Waals surface area contributed by atoms with Gasteiger partial charge < -0.3 is 9.84 Å². The van der Waals surface area contributed by atoms with Gasteiger partial charge in [0.25, 0.3) is 0 Å². The summed E-state index contributed by atoms with van der Waals surface area (Å²) in [6.45, 7) is 6.61. The molecule has 0 heterocycles. The monoisotopic (exact) mass is 214 g/mol. The van der Waals surface area contributed by atoms with Gasteiger partial charge in [-0.1, -0.05) is 26.8 Å². The van der Waals surface area contributed by atoms with Gasteiger partial charge in [-0.15, -0.1) is 0 Å². The summed E-state index contributed by atoms with van der Waals surface area (Å²) >= 11 is 0. The van der Waals surface area contributed by atoms with E-state index in [4.69, 9.17) is 9.84 Å². The van der Waals surface area contributed by atoms with Crippen LogP contribution in [0.2, 0.25) is 0 Å². The normalized spacial score (nSPS) is 11.9. The predicted molar refractivity (Wildman–Crippen MR) is 60.5 cm³/mol. The third kappa shape index (κ3) is 7.14. The molecule has 0 spiro atoms. The number of ether oxygens (including phenoxy) is 1. The predicted octanol–water partition coefficient (Wildman–Crippen LogP) is 2.29. The molecule has 15 heavy (non-hydrogen) atoms. The zero-order valence-electron chi connectivity index (χ0n) is 9.95. The maximum Gasteiger partial charge on any atom is 0.333 e. The lowest BCUT2D eigenvalue weighted by Gasteiger charge is -2.09. The van der Waals surface area contributed by atoms with Gasteiger partial charge in [-0.25, -0.2) is 4.79 Å². The molecule has 3 nitrogen and oxygen atoms in total. The van der Waals surface area contributed by atoms with Gasteiger partial charge in [-0.3, -0.25) is 0 Å².